The van der Waals surface area contributed by atoms with Gasteiger partial charge in [0.25, 0.3) is 0 Å². The maximum atomic E-state index is 14.2. The van der Waals surface area contributed by atoms with Gasteiger partial charge in [-0.3, -0.25) is 4.79 Å². The number of carbonyl (C=O) groups excluding carboxylic acids is 1. The Morgan fingerprint density at radius 1 is 0.935 bits per heavy atom. The van der Waals surface area contributed by atoms with Crippen LogP contribution < -0.4 is 5.32 Å². The number of aryl methyl sites for hydroxylation is 3. The smallest absolute Gasteiger partial charge is 0.243 e. The number of sulfonamides is 1. The van der Waals surface area contributed by atoms with Gasteiger partial charge in [-0.2, -0.15) is 4.31 Å². The molecule has 7 heteroatoms. The summed E-state index contributed by atoms with van der Waals surface area (Å²) < 4.78 is 41.8. The fourth-order valence-electron chi connectivity index (χ4n) is 3.21. The van der Waals surface area contributed by atoms with Crippen LogP contribution in [0.15, 0.2) is 71.6 Å². The van der Waals surface area contributed by atoms with Gasteiger partial charge in [-0.1, -0.05) is 53.6 Å². The van der Waals surface area contributed by atoms with Crippen LogP contribution in [0, 0.1) is 26.6 Å². The second kappa shape index (κ2) is 9.41. The van der Waals surface area contributed by atoms with Crippen molar-refractivity contribution in [2.24, 2.45) is 0 Å². The number of rotatable bonds is 7. The van der Waals surface area contributed by atoms with Gasteiger partial charge in [-0.25, -0.2) is 12.8 Å². The molecule has 0 spiro atoms. The molecule has 0 radical (unpaired) electrons. The Morgan fingerprint density at radius 2 is 1.58 bits per heavy atom. The van der Waals surface area contributed by atoms with Crippen molar-refractivity contribution in [3.63, 3.8) is 0 Å². The lowest BCUT2D eigenvalue weighted by atomic mass is 10.1. The molecule has 0 aromatic heterocycles. The van der Waals surface area contributed by atoms with E-state index in [4.69, 9.17) is 0 Å². The molecule has 0 unspecified atom stereocenters. The number of hydrogen-bond acceptors (Lipinski definition) is 3. The Balaban J connectivity index is 1.90. The van der Waals surface area contributed by atoms with Gasteiger partial charge >= 0.3 is 0 Å². The lowest BCUT2D eigenvalue weighted by Crippen LogP contribution is -2.37. The van der Waals surface area contributed by atoms with Crippen molar-refractivity contribution < 1.29 is 17.6 Å². The SMILES string of the molecule is Cc1ccc(S(=O)(=O)N(CC(=O)Nc2ccc(C)cc2C)Cc2ccccc2F)cc1. The lowest BCUT2D eigenvalue weighted by molar-refractivity contribution is -0.116. The zero-order valence-corrected chi connectivity index (χ0v) is 18.5. The molecule has 3 rings (SSSR count). The van der Waals surface area contributed by atoms with Crippen LogP contribution in [-0.4, -0.2) is 25.2 Å². The zero-order valence-electron chi connectivity index (χ0n) is 17.7. The highest BCUT2D eigenvalue weighted by molar-refractivity contribution is 7.89. The molecule has 1 amide bonds. The van der Waals surface area contributed by atoms with Crippen LogP contribution >= 0.6 is 0 Å². The van der Waals surface area contributed by atoms with Gasteiger partial charge in [0.05, 0.1) is 11.4 Å². The fraction of sp³-hybridized carbons (Fsp3) is 0.208. The first-order valence-electron chi connectivity index (χ1n) is 9.84. The summed E-state index contributed by atoms with van der Waals surface area (Å²) >= 11 is 0. The highest BCUT2D eigenvalue weighted by Crippen LogP contribution is 2.21. The average Bonchev–Trinajstić information content (AvgIpc) is 2.71. The van der Waals surface area contributed by atoms with E-state index in [2.05, 4.69) is 5.32 Å². The van der Waals surface area contributed by atoms with Gasteiger partial charge in [-0.15, -0.1) is 0 Å². The molecule has 3 aromatic rings. The number of halogens is 1. The Hall–Kier alpha value is -3.03. The standard InChI is InChI=1S/C24H25FN2O3S/c1-17-8-11-21(12-9-17)31(29,30)27(15-20-6-4-5-7-22(20)25)16-24(28)26-23-13-10-18(2)14-19(23)3/h4-14H,15-16H2,1-3H3,(H,26,28). The minimum Gasteiger partial charge on any atom is -0.325 e. The largest absolute Gasteiger partial charge is 0.325 e. The maximum absolute atomic E-state index is 14.2. The molecule has 0 aliphatic carbocycles. The first-order valence-corrected chi connectivity index (χ1v) is 11.3. The summed E-state index contributed by atoms with van der Waals surface area (Å²) in [6, 6.07) is 17.8. The average molecular weight is 441 g/mol. The van der Waals surface area contributed by atoms with E-state index in [-0.39, 0.29) is 17.0 Å². The monoisotopic (exact) mass is 440 g/mol. The van der Waals surface area contributed by atoms with E-state index >= 15 is 0 Å². The molecule has 0 bridgehead atoms. The van der Waals surface area contributed by atoms with Crippen LogP contribution in [0.3, 0.4) is 0 Å². The Morgan fingerprint density at radius 3 is 2.23 bits per heavy atom. The molecule has 0 aliphatic rings. The summed E-state index contributed by atoms with van der Waals surface area (Å²) in [4.78, 5) is 12.8. The van der Waals surface area contributed by atoms with Gasteiger partial charge in [0.1, 0.15) is 5.82 Å². The first-order chi connectivity index (χ1) is 14.7. The summed E-state index contributed by atoms with van der Waals surface area (Å²) in [5.41, 5.74) is 3.63. The molecule has 0 saturated carbocycles. The third-order valence-corrected chi connectivity index (χ3v) is 6.75. The van der Waals surface area contributed by atoms with E-state index in [0.717, 1.165) is 21.0 Å². The number of nitrogens with zero attached hydrogens (tertiary/aromatic N) is 1. The number of anilines is 1. The molecular weight excluding hydrogens is 415 g/mol. The minimum atomic E-state index is -4.03. The first kappa shape index (κ1) is 22.7. The zero-order chi connectivity index (χ0) is 22.6. The number of amides is 1. The van der Waals surface area contributed by atoms with Crippen LogP contribution in [0.2, 0.25) is 0 Å². The number of hydrogen-bond donors (Lipinski definition) is 1. The molecule has 162 valence electrons. The van der Waals surface area contributed by atoms with Crippen molar-refractivity contribution in [2.45, 2.75) is 32.2 Å². The van der Waals surface area contributed by atoms with Crippen LogP contribution in [0.1, 0.15) is 22.3 Å². The molecule has 31 heavy (non-hydrogen) atoms. The lowest BCUT2D eigenvalue weighted by Gasteiger charge is -2.22. The normalized spacial score (nSPS) is 11.5. The van der Waals surface area contributed by atoms with Gasteiger partial charge in [-0.05, 0) is 50.6 Å². The Labute approximate surface area is 182 Å². The molecule has 0 heterocycles. The Bertz CT molecular complexity index is 1190. The van der Waals surface area contributed by atoms with Crippen LogP contribution in [0.25, 0.3) is 0 Å². The second-order valence-electron chi connectivity index (χ2n) is 7.54. The minimum absolute atomic E-state index is 0.0498. The maximum Gasteiger partial charge on any atom is 0.243 e. The van der Waals surface area contributed by atoms with Crippen molar-refractivity contribution in [3.05, 3.63) is 94.8 Å². The van der Waals surface area contributed by atoms with Crippen molar-refractivity contribution >= 4 is 21.6 Å². The predicted octanol–water partition coefficient (Wildman–Crippen LogP) is 4.58. The van der Waals surface area contributed by atoms with E-state index in [1.54, 1.807) is 24.3 Å². The topological polar surface area (TPSA) is 66.5 Å². The number of nitrogens with one attached hydrogen (secondary N) is 1. The molecule has 1 N–H and O–H groups in total. The number of carbonyl (C=O) groups is 1. The quantitative estimate of drug-likeness (QED) is 0.585. The molecule has 0 atom stereocenters. The van der Waals surface area contributed by atoms with Crippen LogP contribution in [0.4, 0.5) is 10.1 Å². The molecular formula is C24H25FN2O3S. The molecule has 5 nitrogen and oxygen atoms in total. The molecule has 0 saturated heterocycles. The van der Waals surface area contributed by atoms with E-state index in [9.17, 15) is 17.6 Å². The second-order valence-corrected chi connectivity index (χ2v) is 9.48. The molecule has 0 aliphatic heterocycles. The van der Waals surface area contributed by atoms with Crippen molar-refractivity contribution in [3.8, 4) is 0 Å². The van der Waals surface area contributed by atoms with Gasteiger partial charge in [0.15, 0.2) is 0 Å². The van der Waals surface area contributed by atoms with Crippen molar-refractivity contribution in [1.29, 1.82) is 0 Å². The molecule has 0 fully saturated rings. The molecule has 3 aromatic carbocycles. The van der Waals surface area contributed by atoms with E-state index in [0.29, 0.717) is 5.69 Å². The Kier molecular flexibility index (Phi) is 6.87. The fourth-order valence-corrected chi connectivity index (χ4v) is 4.58. The summed E-state index contributed by atoms with van der Waals surface area (Å²) in [6.45, 7) is 4.96. The van der Waals surface area contributed by atoms with Gasteiger partial charge < -0.3 is 5.32 Å². The highest BCUT2D eigenvalue weighted by atomic mass is 32.2. The van der Waals surface area contributed by atoms with Crippen LogP contribution in [0.5, 0.6) is 0 Å². The van der Waals surface area contributed by atoms with E-state index < -0.39 is 28.3 Å². The summed E-state index contributed by atoms with van der Waals surface area (Å²) in [5.74, 6) is -1.03. The van der Waals surface area contributed by atoms with E-state index in [1.807, 2.05) is 32.9 Å². The van der Waals surface area contributed by atoms with Crippen molar-refractivity contribution in [1.82, 2.24) is 4.31 Å². The van der Waals surface area contributed by atoms with Crippen molar-refractivity contribution in [2.75, 3.05) is 11.9 Å². The highest BCUT2D eigenvalue weighted by Gasteiger charge is 2.28. The summed E-state index contributed by atoms with van der Waals surface area (Å²) in [7, 11) is -4.03. The predicted molar refractivity (Wildman–Crippen MR) is 120 cm³/mol. The number of benzene rings is 3. The third-order valence-electron chi connectivity index (χ3n) is 4.94. The third kappa shape index (κ3) is 5.57. The van der Waals surface area contributed by atoms with Gasteiger partial charge in [0, 0.05) is 17.8 Å². The van der Waals surface area contributed by atoms with Crippen LogP contribution in [-0.2, 0) is 21.4 Å². The summed E-state index contributed by atoms with van der Waals surface area (Å²) in [5, 5.41) is 2.76. The van der Waals surface area contributed by atoms with Gasteiger partial charge in [0.2, 0.25) is 15.9 Å². The summed E-state index contributed by atoms with van der Waals surface area (Å²) in [6.07, 6.45) is 0. The van der Waals surface area contributed by atoms with E-state index in [1.165, 1.54) is 30.3 Å².